The summed E-state index contributed by atoms with van der Waals surface area (Å²) in [4.78, 5) is 10.4. The third-order valence-corrected chi connectivity index (χ3v) is 4.07. The van der Waals surface area contributed by atoms with Gasteiger partial charge in [-0.05, 0) is 35.2 Å². The number of rotatable bonds is 2. The first-order chi connectivity index (χ1) is 8.74. The molecule has 2 aromatic rings. The molecule has 0 radical (unpaired) electrons. The number of hydrogen-bond donors (Lipinski definition) is 1. The molecular formula is C12H13ClN4S. The van der Waals surface area contributed by atoms with E-state index in [0.717, 1.165) is 25.2 Å². The zero-order valence-electron chi connectivity index (χ0n) is 9.71. The van der Waals surface area contributed by atoms with E-state index in [1.54, 1.807) is 17.4 Å². The molecule has 1 atom stereocenters. The van der Waals surface area contributed by atoms with Crippen molar-refractivity contribution in [3.8, 4) is 0 Å². The monoisotopic (exact) mass is 280 g/mol. The van der Waals surface area contributed by atoms with Gasteiger partial charge in [0.05, 0.1) is 6.04 Å². The van der Waals surface area contributed by atoms with Crippen molar-refractivity contribution in [3.63, 3.8) is 0 Å². The SMILES string of the molecule is Nc1nc(Cl)cc(N2CCCC2c2ccsc2)n1. The molecular weight excluding hydrogens is 268 g/mol. The minimum absolute atomic E-state index is 0.230. The number of thiophene rings is 1. The maximum Gasteiger partial charge on any atom is 0.223 e. The summed E-state index contributed by atoms with van der Waals surface area (Å²) in [5.74, 6) is 1.05. The fourth-order valence-electron chi connectivity index (χ4n) is 2.42. The molecule has 0 spiro atoms. The highest BCUT2D eigenvalue weighted by atomic mass is 35.5. The van der Waals surface area contributed by atoms with Crippen LogP contribution in [0.15, 0.2) is 22.9 Å². The van der Waals surface area contributed by atoms with Gasteiger partial charge >= 0.3 is 0 Å². The van der Waals surface area contributed by atoms with Gasteiger partial charge in [-0.2, -0.15) is 16.3 Å². The standard InChI is InChI=1S/C12H13ClN4S/c13-10-6-11(16-12(14)15-10)17-4-1-2-9(17)8-3-5-18-7-8/h3,5-7,9H,1-2,4H2,(H2,14,15,16). The molecule has 2 aromatic heterocycles. The summed E-state index contributed by atoms with van der Waals surface area (Å²) in [5, 5.41) is 4.69. The minimum Gasteiger partial charge on any atom is -0.368 e. The normalized spacial score (nSPS) is 19.4. The van der Waals surface area contributed by atoms with E-state index in [4.69, 9.17) is 17.3 Å². The highest BCUT2D eigenvalue weighted by molar-refractivity contribution is 7.08. The van der Waals surface area contributed by atoms with Crippen LogP contribution in [0.25, 0.3) is 0 Å². The van der Waals surface area contributed by atoms with Gasteiger partial charge in [-0.25, -0.2) is 4.98 Å². The number of anilines is 2. The summed E-state index contributed by atoms with van der Waals surface area (Å²) >= 11 is 7.67. The Kier molecular flexibility index (Phi) is 3.09. The molecule has 0 bridgehead atoms. The van der Waals surface area contributed by atoms with Crippen LogP contribution in [-0.4, -0.2) is 16.5 Å². The zero-order chi connectivity index (χ0) is 12.5. The second kappa shape index (κ2) is 4.74. The highest BCUT2D eigenvalue weighted by Gasteiger charge is 2.27. The summed E-state index contributed by atoms with van der Waals surface area (Å²) in [6.07, 6.45) is 2.29. The number of aromatic nitrogens is 2. The van der Waals surface area contributed by atoms with Crippen LogP contribution in [-0.2, 0) is 0 Å². The molecule has 3 rings (SSSR count). The Morgan fingerprint density at radius 1 is 1.44 bits per heavy atom. The maximum atomic E-state index is 5.95. The molecule has 0 aromatic carbocycles. The third-order valence-electron chi connectivity index (χ3n) is 3.17. The van der Waals surface area contributed by atoms with Gasteiger partial charge in [0.2, 0.25) is 5.95 Å². The topological polar surface area (TPSA) is 55.0 Å². The molecule has 94 valence electrons. The molecule has 0 aliphatic carbocycles. The second-order valence-electron chi connectivity index (χ2n) is 4.32. The fraction of sp³-hybridized carbons (Fsp3) is 0.333. The average Bonchev–Trinajstić information content (AvgIpc) is 2.98. The quantitative estimate of drug-likeness (QED) is 0.859. The Morgan fingerprint density at radius 2 is 2.33 bits per heavy atom. The van der Waals surface area contributed by atoms with E-state index >= 15 is 0 Å². The van der Waals surface area contributed by atoms with E-state index in [1.807, 2.05) is 0 Å². The number of hydrogen-bond acceptors (Lipinski definition) is 5. The van der Waals surface area contributed by atoms with Gasteiger partial charge < -0.3 is 10.6 Å². The lowest BCUT2D eigenvalue weighted by Gasteiger charge is -2.25. The van der Waals surface area contributed by atoms with Crippen LogP contribution in [0.3, 0.4) is 0 Å². The zero-order valence-corrected chi connectivity index (χ0v) is 11.3. The van der Waals surface area contributed by atoms with Gasteiger partial charge in [0.1, 0.15) is 11.0 Å². The molecule has 1 aliphatic rings. The molecule has 6 heteroatoms. The molecule has 0 saturated carbocycles. The number of nitrogen functional groups attached to an aromatic ring is 1. The van der Waals surface area contributed by atoms with Crippen LogP contribution in [0.4, 0.5) is 11.8 Å². The van der Waals surface area contributed by atoms with Gasteiger partial charge in [0.25, 0.3) is 0 Å². The van der Waals surface area contributed by atoms with Crippen molar-refractivity contribution >= 4 is 34.7 Å². The van der Waals surface area contributed by atoms with Gasteiger partial charge in [-0.15, -0.1) is 0 Å². The van der Waals surface area contributed by atoms with Crippen LogP contribution < -0.4 is 10.6 Å². The summed E-state index contributed by atoms with van der Waals surface area (Å²) in [5.41, 5.74) is 7.00. The first kappa shape index (κ1) is 11.7. The lowest BCUT2D eigenvalue weighted by molar-refractivity contribution is 0.714. The Morgan fingerprint density at radius 3 is 3.06 bits per heavy atom. The summed E-state index contributed by atoms with van der Waals surface area (Å²) in [6.45, 7) is 0.979. The number of nitrogens with two attached hydrogens (primary N) is 1. The van der Waals surface area contributed by atoms with Crippen molar-refractivity contribution in [3.05, 3.63) is 33.6 Å². The summed E-state index contributed by atoms with van der Waals surface area (Å²) in [7, 11) is 0. The van der Waals surface area contributed by atoms with Crippen molar-refractivity contribution in [1.29, 1.82) is 0 Å². The van der Waals surface area contributed by atoms with E-state index < -0.39 is 0 Å². The predicted octanol–water partition coefficient (Wildman–Crippen LogP) is 3.12. The second-order valence-corrected chi connectivity index (χ2v) is 5.48. The predicted molar refractivity (Wildman–Crippen MR) is 75.1 cm³/mol. The van der Waals surface area contributed by atoms with Gasteiger partial charge in [0.15, 0.2) is 0 Å². The summed E-state index contributed by atoms with van der Waals surface area (Å²) in [6, 6.07) is 4.32. The lowest BCUT2D eigenvalue weighted by atomic mass is 10.1. The molecule has 1 fully saturated rings. The van der Waals surface area contributed by atoms with Crippen molar-refractivity contribution in [2.24, 2.45) is 0 Å². The van der Waals surface area contributed by atoms with E-state index in [1.165, 1.54) is 5.56 Å². The van der Waals surface area contributed by atoms with Gasteiger partial charge in [-0.3, -0.25) is 0 Å². The molecule has 1 unspecified atom stereocenters. The van der Waals surface area contributed by atoms with Crippen molar-refractivity contribution in [2.75, 3.05) is 17.2 Å². The maximum absolute atomic E-state index is 5.95. The molecule has 1 saturated heterocycles. The average molecular weight is 281 g/mol. The Balaban J connectivity index is 1.95. The van der Waals surface area contributed by atoms with Crippen LogP contribution >= 0.6 is 22.9 Å². The molecule has 4 nitrogen and oxygen atoms in total. The smallest absolute Gasteiger partial charge is 0.223 e. The summed E-state index contributed by atoms with van der Waals surface area (Å²) < 4.78 is 0. The van der Waals surface area contributed by atoms with Crippen LogP contribution in [0.1, 0.15) is 24.4 Å². The number of nitrogens with zero attached hydrogens (tertiary/aromatic N) is 3. The highest BCUT2D eigenvalue weighted by Crippen LogP contribution is 2.36. The molecule has 0 amide bonds. The van der Waals surface area contributed by atoms with Crippen LogP contribution in [0, 0.1) is 0 Å². The minimum atomic E-state index is 0.230. The van der Waals surface area contributed by atoms with Crippen molar-refractivity contribution in [2.45, 2.75) is 18.9 Å². The van der Waals surface area contributed by atoms with E-state index in [-0.39, 0.29) is 5.95 Å². The Hall–Kier alpha value is -1.33. The first-order valence-corrected chi connectivity index (χ1v) is 7.15. The van der Waals surface area contributed by atoms with Crippen LogP contribution in [0.2, 0.25) is 5.15 Å². The molecule has 2 N–H and O–H groups in total. The van der Waals surface area contributed by atoms with Gasteiger partial charge in [0, 0.05) is 12.6 Å². The van der Waals surface area contributed by atoms with Crippen molar-refractivity contribution < 1.29 is 0 Å². The van der Waals surface area contributed by atoms with E-state index in [2.05, 4.69) is 31.7 Å². The fourth-order valence-corrected chi connectivity index (χ4v) is 3.31. The lowest BCUT2D eigenvalue weighted by Crippen LogP contribution is -2.23. The Labute approximate surface area is 114 Å². The third kappa shape index (κ3) is 2.15. The molecule has 3 heterocycles. The van der Waals surface area contributed by atoms with Crippen molar-refractivity contribution in [1.82, 2.24) is 9.97 Å². The van der Waals surface area contributed by atoms with Gasteiger partial charge in [-0.1, -0.05) is 11.6 Å². The largest absolute Gasteiger partial charge is 0.368 e. The molecule has 1 aliphatic heterocycles. The van der Waals surface area contributed by atoms with E-state index in [9.17, 15) is 0 Å². The number of halogens is 1. The Bertz CT molecular complexity index is 523. The first-order valence-electron chi connectivity index (χ1n) is 5.83. The van der Waals surface area contributed by atoms with Crippen LogP contribution in [0.5, 0.6) is 0 Å². The van der Waals surface area contributed by atoms with E-state index in [0.29, 0.717) is 11.2 Å². The molecule has 18 heavy (non-hydrogen) atoms.